The monoisotopic (exact) mass is 431 g/mol. The number of halogens is 2. The van der Waals surface area contributed by atoms with Crippen molar-refractivity contribution in [3.8, 4) is 0 Å². The molecule has 2 aromatic carbocycles. The molecular formula is C16H15BrClNO4S. The zero-order valence-electron chi connectivity index (χ0n) is 12.9. The van der Waals surface area contributed by atoms with Crippen molar-refractivity contribution in [2.75, 3.05) is 4.31 Å². The van der Waals surface area contributed by atoms with Crippen LogP contribution in [0.1, 0.15) is 12.5 Å². The molecule has 0 amide bonds. The number of carboxylic acids is 1. The molecule has 2 rings (SSSR count). The molecule has 0 aromatic heterocycles. The summed E-state index contributed by atoms with van der Waals surface area (Å²) in [6.45, 7) is 2.97. The lowest BCUT2D eigenvalue weighted by atomic mass is 10.2. The van der Waals surface area contributed by atoms with E-state index in [2.05, 4.69) is 15.9 Å². The van der Waals surface area contributed by atoms with Crippen molar-refractivity contribution in [3.63, 3.8) is 0 Å². The Balaban J connectivity index is 2.69. The minimum Gasteiger partial charge on any atom is -0.480 e. The summed E-state index contributed by atoms with van der Waals surface area (Å²) in [4.78, 5) is 11.5. The first-order valence-corrected chi connectivity index (χ1v) is 9.55. The average Bonchev–Trinajstić information content (AvgIpc) is 2.51. The molecule has 128 valence electrons. The summed E-state index contributed by atoms with van der Waals surface area (Å²) < 4.78 is 27.7. The maximum atomic E-state index is 13.1. The van der Waals surface area contributed by atoms with Gasteiger partial charge in [-0.3, -0.25) is 4.31 Å². The second kappa shape index (κ2) is 7.13. The second-order valence-electron chi connectivity index (χ2n) is 5.15. The number of carbonyl (C=O) groups is 1. The van der Waals surface area contributed by atoms with E-state index in [4.69, 9.17) is 11.6 Å². The predicted molar refractivity (Wildman–Crippen MR) is 97.1 cm³/mol. The predicted octanol–water partition coefficient (Wildman–Crippen LogP) is 4.08. The topological polar surface area (TPSA) is 74.7 Å². The highest BCUT2D eigenvalue weighted by Crippen LogP contribution is 2.32. The van der Waals surface area contributed by atoms with E-state index >= 15 is 0 Å². The maximum absolute atomic E-state index is 13.1. The summed E-state index contributed by atoms with van der Waals surface area (Å²) in [6, 6.07) is 9.46. The molecule has 0 aliphatic carbocycles. The molecule has 0 aliphatic rings. The van der Waals surface area contributed by atoms with E-state index in [1.165, 1.54) is 25.1 Å². The first kappa shape index (κ1) is 18.8. The van der Waals surface area contributed by atoms with Gasteiger partial charge in [-0.2, -0.15) is 0 Å². The normalized spacial score (nSPS) is 12.7. The smallest absolute Gasteiger partial charge is 0.327 e. The number of rotatable bonds is 5. The molecule has 5 nitrogen and oxygen atoms in total. The lowest BCUT2D eigenvalue weighted by Crippen LogP contribution is -2.43. The van der Waals surface area contributed by atoms with E-state index in [-0.39, 0.29) is 10.6 Å². The number of hydrogen-bond donors (Lipinski definition) is 1. The van der Waals surface area contributed by atoms with Crippen LogP contribution in [0, 0.1) is 6.92 Å². The third-order valence-corrected chi connectivity index (χ3v) is 6.39. The molecule has 0 bridgehead atoms. The highest BCUT2D eigenvalue weighted by molar-refractivity contribution is 9.10. The van der Waals surface area contributed by atoms with Crippen molar-refractivity contribution in [1.82, 2.24) is 0 Å². The standard InChI is InChI=1S/C16H15BrClNO4S/c1-10-14(18)4-3-5-15(10)19(11(2)16(20)21)24(22,23)13-8-6-12(17)7-9-13/h3-9,11H,1-2H3,(H,20,21). The Labute approximate surface area is 154 Å². The molecule has 0 saturated carbocycles. The van der Waals surface area contributed by atoms with Crippen LogP contribution in [-0.4, -0.2) is 25.5 Å². The van der Waals surface area contributed by atoms with Gasteiger partial charge in [-0.25, -0.2) is 13.2 Å². The summed E-state index contributed by atoms with van der Waals surface area (Å²) in [5.41, 5.74) is 0.730. The van der Waals surface area contributed by atoms with Gasteiger partial charge in [0, 0.05) is 9.50 Å². The van der Waals surface area contributed by atoms with Gasteiger partial charge < -0.3 is 5.11 Å². The molecule has 24 heavy (non-hydrogen) atoms. The van der Waals surface area contributed by atoms with Crippen molar-refractivity contribution < 1.29 is 18.3 Å². The number of hydrogen-bond acceptors (Lipinski definition) is 3. The number of benzene rings is 2. The van der Waals surface area contributed by atoms with Crippen molar-refractivity contribution in [2.24, 2.45) is 0 Å². The van der Waals surface area contributed by atoms with Gasteiger partial charge in [-0.1, -0.05) is 33.6 Å². The van der Waals surface area contributed by atoms with Gasteiger partial charge in [-0.05, 0) is 55.8 Å². The number of nitrogens with zero attached hydrogens (tertiary/aromatic N) is 1. The summed E-state index contributed by atoms with van der Waals surface area (Å²) in [5.74, 6) is -1.25. The minimum absolute atomic E-state index is 0.00169. The fourth-order valence-corrected chi connectivity index (χ4v) is 4.31. The van der Waals surface area contributed by atoms with E-state index < -0.39 is 22.0 Å². The van der Waals surface area contributed by atoms with Gasteiger partial charge >= 0.3 is 5.97 Å². The third kappa shape index (κ3) is 3.58. The lowest BCUT2D eigenvalue weighted by Gasteiger charge is -2.29. The number of sulfonamides is 1. The molecule has 8 heteroatoms. The zero-order chi connectivity index (χ0) is 18.1. The van der Waals surface area contributed by atoms with Crippen LogP contribution < -0.4 is 4.31 Å². The van der Waals surface area contributed by atoms with Gasteiger partial charge in [0.25, 0.3) is 10.0 Å². The molecule has 0 heterocycles. The fraction of sp³-hybridized carbons (Fsp3) is 0.188. The molecule has 1 atom stereocenters. The van der Waals surface area contributed by atoms with Crippen LogP contribution in [0.4, 0.5) is 5.69 Å². The van der Waals surface area contributed by atoms with E-state index in [1.807, 2.05) is 0 Å². The minimum atomic E-state index is -4.08. The van der Waals surface area contributed by atoms with Crippen LogP contribution in [0.25, 0.3) is 0 Å². The van der Waals surface area contributed by atoms with Crippen molar-refractivity contribution in [1.29, 1.82) is 0 Å². The first-order valence-electron chi connectivity index (χ1n) is 6.94. The highest BCUT2D eigenvalue weighted by Gasteiger charge is 2.34. The quantitative estimate of drug-likeness (QED) is 0.772. The maximum Gasteiger partial charge on any atom is 0.327 e. The molecule has 0 fully saturated rings. The van der Waals surface area contributed by atoms with E-state index in [0.717, 1.165) is 8.78 Å². The van der Waals surface area contributed by atoms with Crippen molar-refractivity contribution in [3.05, 3.63) is 57.5 Å². The summed E-state index contributed by atoms with van der Waals surface area (Å²) in [7, 11) is -4.08. The molecule has 0 aliphatic heterocycles. The SMILES string of the molecule is Cc1c(Cl)cccc1N(C(C)C(=O)O)S(=O)(=O)c1ccc(Br)cc1. The first-order chi connectivity index (χ1) is 11.2. The zero-order valence-corrected chi connectivity index (χ0v) is 16.1. The van der Waals surface area contributed by atoms with Crippen molar-refractivity contribution in [2.45, 2.75) is 24.8 Å². The summed E-state index contributed by atoms with van der Waals surface area (Å²) in [5, 5.41) is 9.74. The largest absolute Gasteiger partial charge is 0.480 e. The summed E-state index contributed by atoms with van der Waals surface area (Å²) in [6.07, 6.45) is 0. The average molecular weight is 433 g/mol. The Kier molecular flexibility index (Phi) is 5.57. The number of aliphatic carboxylic acids is 1. The Morgan fingerprint density at radius 1 is 1.21 bits per heavy atom. The molecule has 1 unspecified atom stereocenters. The van der Waals surface area contributed by atoms with E-state index in [0.29, 0.717) is 10.6 Å². The van der Waals surface area contributed by atoms with Crippen LogP contribution in [-0.2, 0) is 14.8 Å². The number of carboxylic acid groups (broad SMARTS) is 1. The molecule has 0 radical (unpaired) electrons. The fourth-order valence-electron chi connectivity index (χ4n) is 2.20. The third-order valence-electron chi connectivity index (χ3n) is 3.56. The van der Waals surface area contributed by atoms with Crippen LogP contribution in [0.3, 0.4) is 0 Å². The van der Waals surface area contributed by atoms with Crippen LogP contribution in [0.2, 0.25) is 5.02 Å². The van der Waals surface area contributed by atoms with Crippen LogP contribution >= 0.6 is 27.5 Å². The Bertz CT molecular complexity index is 868. The summed E-state index contributed by atoms with van der Waals surface area (Å²) >= 11 is 9.33. The van der Waals surface area contributed by atoms with Gasteiger partial charge in [0.05, 0.1) is 10.6 Å². The Morgan fingerprint density at radius 2 is 1.79 bits per heavy atom. The van der Waals surface area contributed by atoms with Crippen LogP contribution in [0.5, 0.6) is 0 Å². The second-order valence-corrected chi connectivity index (χ2v) is 8.29. The van der Waals surface area contributed by atoms with E-state index in [9.17, 15) is 18.3 Å². The van der Waals surface area contributed by atoms with Gasteiger partial charge in [0.2, 0.25) is 0 Å². The van der Waals surface area contributed by atoms with Crippen LogP contribution in [0.15, 0.2) is 51.8 Å². The lowest BCUT2D eigenvalue weighted by molar-refractivity contribution is -0.137. The molecule has 0 saturated heterocycles. The highest BCUT2D eigenvalue weighted by atomic mass is 79.9. The molecule has 2 aromatic rings. The molecule has 0 spiro atoms. The van der Waals surface area contributed by atoms with E-state index in [1.54, 1.807) is 31.2 Å². The van der Waals surface area contributed by atoms with Gasteiger partial charge in [0.1, 0.15) is 6.04 Å². The molecule has 1 N–H and O–H groups in total. The van der Waals surface area contributed by atoms with Gasteiger partial charge in [-0.15, -0.1) is 0 Å². The Hall–Kier alpha value is -1.57. The van der Waals surface area contributed by atoms with Crippen molar-refractivity contribution >= 4 is 49.2 Å². The molecular weight excluding hydrogens is 418 g/mol. The van der Waals surface area contributed by atoms with Gasteiger partial charge in [0.15, 0.2) is 0 Å². The Morgan fingerprint density at radius 3 is 2.33 bits per heavy atom. The number of anilines is 1.